The second-order valence-corrected chi connectivity index (χ2v) is 0. The maximum Gasteiger partial charge on any atom is 0 e. The van der Waals surface area contributed by atoms with Gasteiger partial charge in [-0.2, -0.15) is 0 Å². The van der Waals surface area contributed by atoms with Gasteiger partial charge >= 0.3 is 28.5 Å². The van der Waals surface area contributed by atoms with Crippen molar-refractivity contribution in [1.82, 2.24) is 0 Å². The Hall–Kier alpha value is 2.27. The molecule has 0 aliphatic rings. The standard InChI is InChI=1S/2Cd.O.Zn. The van der Waals surface area contributed by atoms with E-state index < -0.39 is 0 Å². The SMILES string of the molecule is [Cd].[O]=[Cd].[Zn]. The van der Waals surface area contributed by atoms with E-state index in [1.807, 2.05) is 0 Å². The van der Waals surface area contributed by atoms with E-state index in [0.717, 1.165) is 0 Å². The van der Waals surface area contributed by atoms with Crippen molar-refractivity contribution in [3.8, 4) is 0 Å². The van der Waals surface area contributed by atoms with E-state index in [2.05, 4.69) is 0 Å². The molecule has 0 aromatic carbocycles. The Morgan fingerprint density at radius 3 is 1.25 bits per heavy atom. The normalized spacial score (nSPS) is 1.50. The van der Waals surface area contributed by atoms with Gasteiger partial charge in [0.25, 0.3) is 0 Å². The van der Waals surface area contributed by atoms with Crippen LogP contribution in [0.3, 0.4) is 0 Å². The van der Waals surface area contributed by atoms with Crippen LogP contribution in [-0.4, -0.2) is 0 Å². The third-order valence-corrected chi connectivity index (χ3v) is 0. The van der Waals surface area contributed by atoms with Crippen molar-refractivity contribution in [3.63, 3.8) is 0 Å². The summed E-state index contributed by atoms with van der Waals surface area (Å²) < 4.78 is 8.42. The van der Waals surface area contributed by atoms with Crippen molar-refractivity contribution >= 4 is 0 Å². The van der Waals surface area contributed by atoms with Crippen molar-refractivity contribution in [2.45, 2.75) is 0 Å². The Kier molecular flexibility index (Phi) is 76.0. The molecule has 0 heterocycles. The molecule has 0 aromatic heterocycles. The Balaban J connectivity index is -0.00000000500. The largest absolute Gasteiger partial charge is 0 e. The summed E-state index contributed by atoms with van der Waals surface area (Å²) in [7, 11) is 0. The van der Waals surface area contributed by atoms with Crippen molar-refractivity contribution < 1.29 is 75.2 Å². The molecule has 0 aliphatic carbocycles. The van der Waals surface area contributed by atoms with Crippen molar-refractivity contribution in [3.05, 3.63) is 0 Å². The molecule has 12 valence electrons. The van der Waals surface area contributed by atoms with Crippen LogP contribution in [-0.2, 0) is 75.2 Å². The van der Waals surface area contributed by atoms with Gasteiger partial charge in [-0.1, -0.05) is 0 Å². The van der Waals surface area contributed by atoms with E-state index in [9.17, 15) is 0 Å². The quantitative estimate of drug-likeness (QED) is 0.570. The molecule has 0 radical (unpaired) electrons. The molecule has 0 unspecified atom stereocenters. The van der Waals surface area contributed by atoms with Crippen LogP contribution in [0.2, 0.25) is 0 Å². The zero-order chi connectivity index (χ0) is 2.00. The van der Waals surface area contributed by atoms with Crippen LogP contribution in [0, 0.1) is 0 Å². The molecule has 1 nitrogen and oxygen atoms in total. The zero-order valence-corrected chi connectivity index (χ0v) is 13.6. The van der Waals surface area contributed by atoms with Gasteiger partial charge in [-0.25, -0.2) is 0 Å². The minimum Gasteiger partial charge on any atom is 0 e. The van der Waals surface area contributed by atoms with E-state index in [4.69, 9.17) is 2.69 Å². The summed E-state index contributed by atoms with van der Waals surface area (Å²) in [5.74, 6) is 0. The molecule has 0 rings (SSSR count). The van der Waals surface area contributed by atoms with Crippen LogP contribution >= 0.6 is 0 Å². The minimum atomic E-state index is -0.1000. The van der Waals surface area contributed by atoms with E-state index in [0.29, 0.717) is 0 Å². The summed E-state index contributed by atoms with van der Waals surface area (Å²) in [6.45, 7) is 0. The third kappa shape index (κ3) is 8.86. The van der Waals surface area contributed by atoms with Crippen LogP contribution in [0.5, 0.6) is 0 Å². The van der Waals surface area contributed by atoms with Crippen molar-refractivity contribution in [2.75, 3.05) is 0 Å². The van der Waals surface area contributed by atoms with E-state index in [-0.39, 0.29) is 72.6 Å². The van der Waals surface area contributed by atoms with Crippen LogP contribution in [0.1, 0.15) is 0 Å². The average Bonchev–Trinajstić information content (AvgIpc) is 1.00. The van der Waals surface area contributed by atoms with Crippen LogP contribution in [0.15, 0.2) is 0 Å². The van der Waals surface area contributed by atoms with Gasteiger partial charge in [0.2, 0.25) is 0 Å². The Bertz CT molecular complexity index is 6.00. The molecule has 4 heavy (non-hydrogen) atoms. The van der Waals surface area contributed by atoms with Gasteiger partial charge in [0.1, 0.15) is 0 Å². The predicted octanol–water partition coefficient (Wildman–Crippen LogP) is -0.126. The molecule has 0 aromatic rings. The molecule has 0 amide bonds. The first kappa shape index (κ1) is 16.3. The second-order valence-electron chi connectivity index (χ2n) is 0. The fourth-order valence-electron chi connectivity index (χ4n) is 0. The van der Waals surface area contributed by atoms with E-state index >= 15 is 0 Å². The molecule has 0 spiro atoms. The average molecular weight is 306 g/mol. The molecule has 0 saturated heterocycles. The molecule has 4 heteroatoms. The van der Waals surface area contributed by atoms with Crippen LogP contribution < -0.4 is 0 Å². The Morgan fingerprint density at radius 1 is 1.25 bits per heavy atom. The smallest absolute Gasteiger partial charge is 0 e. The molecule has 0 atom stereocenters. The first-order valence-electron chi connectivity index (χ1n) is 0.289. The van der Waals surface area contributed by atoms with Crippen LogP contribution in [0.25, 0.3) is 0 Å². The van der Waals surface area contributed by atoms with Gasteiger partial charge < -0.3 is 0 Å². The molecular weight excluding hydrogens is 306 g/mol. The Labute approximate surface area is 74.0 Å². The first-order valence-corrected chi connectivity index (χ1v) is 1.94. The first-order chi connectivity index (χ1) is 1.00. The number of rotatable bonds is 0. The van der Waals surface area contributed by atoms with Gasteiger partial charge in [-0.15, -0.1) is 0 Å². The van der Waals surface area contributed by atoms with Crippen molar-refractivity contribution in [1.29, 1.82) is 0 Å². The summed E-state index contributed by atoms with van der Waals surface area (Å²) in [5.41, 5.74) is 0. The van der Waals surface area contributed by atoms with Gasteiger partial charge in [-0.05, 0) is 0 Å². The van der Waals surface area contributed by atoms with Gasteiger partial charge in [0, 0.05) is 46.8 Å². The second kappa shape index (κ2) is 18.7. The summed E-state index contributed by atoms with van der Waals surface area (Å²) in [4.78, 5) is 0. The van der Waals surface area contributed by atoms with Crippen LogP contribution in [0.4, 0.5) is 0 Å². The number of hydrogen-bond acceptors (Lipinski definition) is 1. The molecular formula is Cd2OZn. The molecule has 0 aliphatic heterocycles. The fourth-order valence-corrected chi connectivity index (χ4v) is 0. The summed E-state index contributed by atoms with van der Waals surface area (Å²) in [6, 6.07) is 0. The zero-order valence-electron chi connectivity index (χ0n) is 2.53. The van der Waals surface area contributed by atoms with Gasteiger partial charge in [-0.3, -0.25) is 0 Å². The molecule has 0 bridgehead atoms. The maximum absolute atomic E-state index is 8.42. The third-order valence-electron chi connectivity index (χ3n) is 0. The molecule has 0 N–H and O–H groups in total. The predicted molar refractivity (Wildman–Crippen MR) is 0.686 cm³/mol. The van der Waals surface area contributed by atoms with Gasteiger partial charge in [0.15, 0.2) is 0 Å². The minimum absolute atomic E-state index is 0. The number of hydrogen-bond donors (Lipinski definition) is 0. The summed E-state index contributed by atoms with van der Waals surface area (Å²) in [6.07, 6.45) is 0. The maximum atomic E-state index is 8.42. The monoisotopic (exact) mass is 308 g/mol. The van der Waals surface area contributed by atoms with E-state index in [1.165, 1.54) is 0 Å². The fraction of sp³-hybridized carbons (Fsp3) is 0. The summed E-state index contributed by atoms with van der Waals surface area (Å²) in [5, 5.41) is 0. The topological polar surface area (TPSA) is 17.1 Å². The van der Waals surface area contributed by atoms with Crippen molar-refractivity contribution in [2.24, 2.45) is 0 Å². The van der Waals surface area contributed by atoms with E-state index in [1.54, 1.807) is 0 Å². The Morgan fingerprint density at radius 2 is 1.25 bits per heavy atom. The summed E-state index contributed by atoms with van der Waals surface area (Å²) >= 11 is -0.1000. The molecule has 0 saturated carbocycles. The molecule has 0 fully saturated rings. The van der Waals surface area contributed by atoms with Gasteiger partial charge in [0.05, 0.1) is 0 Å².